The number of carbonyl (C=O) groups excluding carboxylic acids is 1. The highest BCUT2D eigenvalue weighted by Gasteiger charge is 2.28. The lowest BCUT2D eigenvalue weighted by Gasteiger charge is -2.30. The molecule has 2 heterocycles. The molecule has 2 aromatic rings. The zero-order chi connectivity index (χ0) is 19.4. The van der Waals surface area contributed by atoms with Crippen LogP contribution in [0.15, 0.2) is 40.6 Å². The van der Waals surface area contributed by atoms with E-state index in [-0.39, 0.29) is 10.8 Å². The molecule has 1 aromatic carbocycles. The molecule has 8 heteroatoms. The van der Waals surface area contributed by atoms with Gasteiger partial charge < -0.3 is 5.32 Å². The average molecular weight is 406 g/mol. The fraction of sp³-hybridized carbons (Fsp3) is 0.368. The molecule has 1 amide bonds. The summed E-state index contributed by atoms with van der Waals surface area (Å²) in [6.45, 7) is 5.09. The van der Waals surface area contributed by atoms with E-state index in [0.717, 1.165) is 23.5 Å². The van der Waals surface area contributed by atoms with Crippen molar-refractivity contribution in [1.29, 1.82) is 0 Å². The van der Waals surface area contributed by atoms with Gasteiger partial charge in [-0.3, -0.25) is 4.79 Å². The number of aromatic nitrogens is 1. The maximum absolute atomic E-state index is 12.7. The number of sulfonamides is 1. The summed E-state index contributed by atoms with van der Waals surface area (Å²) in [7, 11) is -3.48. The van der Waals surface area contributed by atoms with Crippen LogP contribution in [0.1, 0.15) is 30.5 Å². The van der Waals surface area contributed by atoms with Crippen LogP contribution in [-0.2, 0) is 14.8 Å². The molecule has 1 aliphatic heterocycles. The molecule has 144 valence electrons. The molecule has 1 fully saturated rings. The van der Waals surface area contributed by atoms with E-state index in [1.165, 1.54) is 29.5 Å². The van der Waals surface area contributed by atoms with Crippen LogP contribution in [0.2, 0.25) is 0 Å². The third-order valence-electron chi connectivity index (χ3n) is 4.42. The van der Waals surface area contributed by atoms with Gasteiger partial charge in [-0.15, -0.1) is 11.3 Å². The van der Waals surface area contributed by atoms with Crippen LogP contribution in [0.3, 0.4) is 0 Å². The lowest BCUT2D eigenvalue weighted by Crippen LogP contribution is -2.39. The van der Waals surface area contributed by atoms with Crippen molar-refractivity contribution in [3.05, 3.63) is 46.4 Å². The molecule has 0 saturated carbocycles. The molecule has 27 heavy (non-hydrogen) atoms. The molecule has 0 bridgehead atoms. The Kier molecular flexibility index (Phi) is 6.08. The Labute approximate surface area is 164 Å². The SMILES string of the molecule is Cc1nc(/C=C/C(=O)Nc2ccc(S(=O)(=O)N3CCCC(C)C3)cc2)cs1. The third-order valence-corrected chi connectivity index (χ3v) is 7.09. The molecule has 0 aliphatic carbocycles. The normalized spacial score (nSPS) is 18.7. The molecule has 1 aliphatic rings. The smallest absolute Gasteiger partial charge is 0.248 e. The van der Waals surface area contributed by atoms with Crippen molar-refractivity contribution in [2.75, 3.05) is 18.4 Å². The van der Waals surface area contributed by atoms with Gasteiger partial charge in [-0.1, -0.05) is 6.92 Å². The molecule has 1 saturated heterocycles. The van der Waals surface area contributed by atoms with Crippen LogP contribution >= 0.6 is 11.3 Å². The van der Waals surface area contributed by atoms with Gasteiger partial charge in [0.1, 0.15) is 0 Å². The van der Waals surface area contributed by atoms with Crippen molar-refractivity contribution in [3.63, 3.8) is 0 Å². The number of piperidine rings is 1. The van der Waals surface area contributed by atoms with Gasteiger partial charge in [-0.25, -0.2) is 13.4 Å². The zero-order valence-corrected chi connectivity index (χ0v) is 17.0. The second-order valence-corrected chi connectivity index (χ2v) is 9.75. The Hall–Kier alpha value is -2.03. The van der Waals surface area contributed by atoms with Crippen LogP contribution in [0, 0.1) is 12.8 Å². The molecule has 1 atom stereocenters. The van der Waals surface area contributed by atoms with E-state index in [1.54, 1.807) is 22.5 Å². The van der Waals surface area contributed by atoms with Gasteiger partial charge in [0.2, 0.25) is 15.9 Å². The molecule has 1 N–H and O–H groups in total. The fourth-order valence-electron chi connectivity index (χ4n) is 3.03. The third kappa shape index (κ3) is 5.03. The first-order chi connectivity index (χ1) is 12.8. The van der Waals surface area contributed by atoms with Gasteiger partial charge in [0.15, 0.2) is 0 Å². The van der Waals surface area contributed by atoms with Gasteiger partial charge in [-0.2, -0.15) is 4.31 Å². The highest BCUT2D eigenvalue weighted by Crippen LogP contribution is 2.24. The number of benzene rings is 1. The number of aryl methyl sites for hydroxylation is 1. The van der Waals surface area contributed by atoms with Crippen LogP contribution in [0.4, 0.5) is 5.69 Å². The highest BCUT2D eigenvalue weighted by atomic mass is 32.2. The summed E-state index contributed by atoms with van der Waals surface area (Å²) in [5.41, 5.74) is 1.29. The predicted octanol–water partition coefficient (Wildman–Crippen LogP) is 3.52. The molecular formula is C19H23N3O3S2. The Bertz CT molecular complexity index is 933. The van der Waals surface area contributed by atoms with Crippen LogP contribution in [0.25, 0.3) is 6.08 Å². The van der Waals surface area contributed by atoms with E-state index in [2.05, 4.69) is 17.2 Å². The first-order valence-electron chi connectivity index (χ1n) is 8.86. The van der Waals surface area contributed by atoms with Crippen molar-refractivity contribution >= 4 is 39.0 Å². The molecule has 1 unspecified atom stereocenters. The number of nitrogens with one attached hydrogen (secondary N) is 1. The second kappa shape index (κ2) is 8.33. The zero-order valence-electron chi connectivity index (χ0n) is 15.4. The number of hydrogen-bond acceptors (Lipinski definition) is 5. The Morgan fingerprint density at radius 1 is 1.33 bits per heavy atom. The molecular weight excluding hydrogens is 382 g/mol. The highest BCUT2D eigenvalue weighted by molar-refractivity contribution is 7.89. The topological polar surface area (TPSA) is 79.4 Å². The fourth-order valence-corrected chi connectivity index (χ4v) is 5.20. The minimum Gasteiger partial charge on any atom is -0.323 e. The molecule has 6 nitrogen and oxygen atoms in total. The first-order valence-corrected chi connectivity index (χ1v) is 11.2. The summed E-state index contributed by atoms with van der Waals surface area (Å²) in [6.07, 6.45) is 5.01. The van der Waals surface area contributed by atoms with E-state index >= 15 is 0 Å². The number of carbonyl (C=O) groups is 1. The Balaban J connectivity index is 1.64. The second-order valence-electron chi connectivity index (χ2n) is 6.75. The summed E-state index contributed by atoms with van der Waals surface area (Å²) < 4.78 is 27.0. The van der Waals surface area contributed by atoms with E-state index < -0.39 is 10.0 Å². The minimum atomic E-state index is -3.48. The van der Waals surface area contributed by atoms with Crippen LogP contribution in [0.5, 0.6) is 0 Å². The van der Waals surface area contributed by atoms with Gasteiger partial charge in [0, 0.05) is 30.2 Å². The first kappa shape index (κ1) is 19.7. The molecule has 0 radical (unpaired) electrons. The van der Waals surface area contributed by atoms with Gasteiger partial charge >= 0.3 is 0 Å². The van der Waals surface area contributed by atoms with Crippen molar-refractivity contribution in [3.8, 4) is 0 Å². The number of thiazole rings is 1. The average Bonchev–Trinajstić information content (AvgIpc) is 3.06. The monoisotopic (exact) mass is 405 g/mol. The lowest BCUT2D eigenvalue weighted by molar-refractivity contribution is -0.111. The van der Waals surface area contributed by atoms with Crippen molar-refractivity contribution in [2.45, 2.75) is 31.6 Å². The number of amides is 1. The lowest BCUT2D eigenvalue weighted by atomic mass is 10.0. The Morgan fingerprint density at radius 3 is 2.70 bits per heavy atom. The van der Waals surface area contributed by atoms with Crippen LogP contribution < -0.4 is 5.32 Å². The summed E-state index contributed by atoms with van der Waals surface area (Å²) >= 11 is 1.52. The molecule has 0 spiro atoms. The van der Waals surface area contributed by atoms with E-state index in [9.17, 15) is 13.2 Å². The summed E-state index contributed by atoms with van der Waals surface area (Å²) in [5, 5.41) is 5.54. The number of anilines is 1. The summed E-state index contributed by atoms with van der Waals surface area (Å²) in [6, 6.07) is 6.30. The van der Waals surface area contributed by atoms with Crippen molar-refractivity contribution < 1.29 is 13.2 Å². The van der Waals surface area contributed by atoms with E-state index in [0.29, 0.717) is 24.7 Å². The number of nitrogens with zero attached hydrogens (tertiary/aromatic N) is 2. The minimum absolute atomic E-state index is 0.253. The maximum atomic E-state index is 12.7. The van der Waals surface area contributed by atoms with Gasteiger partial charge in [-0.05, 0) is 56.0 Å². The van der Waals surface area contributed by atoms with Crippen molar-refractivity contribution in [2.24, 2.45) is 5.92 Å². The quantitative estimate of drug-likeness (QED) is 0.772. The largest absolute Gasteiger partial charge is 0.323 e. The molecule has 3 rings (SSSR count). The summed E-state index contributed by atoms with van der Waals surface area (Å²) in [4.78, 5) is 16.5. The Morgan fingerprint density at radius 2 is 2.07 bits per heavy atom. The van der Waals surface area contributed by atoms with Crippen molar-refractivity contribution in [1.82, 2.24) is 9.29 Å². The van der Waals surface area contributed by atoms with E-state index in [4.69, 9.17) is 0 Å². The predicted molar refractivity (Wildman–Crippen MR) is 108 cm³/mol. The van der Waals surface area contributed by atoms with Gasteiger partial charge in [0.05, 0.1) is 15.6 Å². The van der Waals surface area contributed by atoms with Crippen LogP contribution in [-0.4, -0.2) is 36.7 Å². The number of hydrogen-bond donors (Lipinski definition) is 1. The number of rotatable bonds is 5. The van der Waals surface area contributed by atoms with Gasteiger partial charge in [0.25, 0.3) is 0 Å². The van der Waals surface area contributed by atoms with E-state index in [1.807, 2.05) is 12.3 Å². The maximum Gasteiger partial charge on any atom is 0.248 e. The molecule has 1 aromatic heterocycles. The summed E-state index contributed by atoms with van der Waals surface area (Å²) in [5.74, 6) is 0.0847. The standard InChI is InChI=1S/C19H23N3O3S2/c1-14-4-3-11-22(12-14)27(24,25)18-8-5-16(6-9-18)21-19(23)10-7-17-13-26-15(2)20-17/h5-10,13-14H,3-4,11-12H2,1-2H3,(H,21,23)/b10-7+.